The average Bonchev–Trinajstić information content (AvgIpc) is 2.17. The van der Waals surface area contributed by atoms with Crippen molar-refractivity contribution in [2.75, 3.05) is 6.54 Å². The van der Waals surface area contributed by atoms with E-state index in [0.29, 0.717) is 17.1 Å². The van der Waals surface area contributed by atoms with E-state index in [0.717, 1.165) is 3.57 Å². The number of nitrogens with two attached hydrogens (primary N) is 1. The molecule has 0 unspecified atom stereocenters. The molecule has 1 aromatic rings. The van der Waals surface area contributed by atoms with Crippen LogP contribution in [-0.2, 0) is 0 Å². The Balaban J connectivity index is 0.00000225. The Morgan fingerprint density at radius 3 is 2.75 bits per heavy atom. The minimum atomic E-state index is -0.186. The maximum atomic E-state index is 11.7. The highest BCUT2D eigenvalue weighted by Crippen LogP contribution is 2.18. The lowest BCUT2D eigenvalue weighted by atomic mass is 10.2. The second kappa shape index (κ2) is 7.32. The lowest BCUT2D eigenvalue weighted by Gasteiger charge is -2.12. The first-order chi connectivity index (χ1) is 7.04. The first-order valence-electron chi connectivity index (χ1n) is 4.50. The van der Waals surface area contributed by atoms with Crippen LogP contribution in [-0.4, -0.2) is 18.5 Å². The fraction of sp³-hybridized carbons (Fsp3) is 0.300. The van der Waals surface area contributed by atoms with Gasteiger partial charge in [-0.05, 0) is 47.7 Å². The highest BCUT2D eigenvalue weighted by atomic mass is 127. The molecule has 0 saturated heterocycles. The second-order valence-electron chi connectivity index (χ2n) is 3.23. The largest absolute Gasteiger partial charge is 0.348 e. The van der Waals surface area contributed by atoms with Gasteiger partial charge in [-0.2, -0.15) is 0 Å². The van der Waals surface area contributed by atoms with E-state index in [9.17, 15) is 4.79 Å². The van der Waals surface area contributed by atoms with Gasteiger partial charge >= 0.3 is 0 Å². The molecular weight excluding hydrogens is 362 g/mol. The predicted octanol–water partition coefficient (Wildman–Crippen LogP) is 2.44. The molecule has 6 heteroatoms. The van der Waals surface area contributed by atoms with Gasteiger partial charge in [-0.25, -0.2) is 0 Å². The van der Waals surface area contributed by atoms with Crippen LogP contribution in [0.5, 0.6) is 0 Å². The van der Waals surface area contributed by atoms with Gasteiger partial charge < -0.3 is 11.1 Å². The SMILES string of the molecule is C[C@@H](CN)NC(=O)c1ccc(I)cc1Cl.Cl. The van der Waals surface area contributed by atoms with Crippen molar-refractivity contribution in [2.45, 2.75) is 13.0 Å². The fourth-order valence-corrected chi connectivity index (χ4v) is 1.98. The van der Waals surface area contributed by atoms with Gasteiger partial charge in [0.25, 0.3) is 5.91 Å². The lowest BCUT2D eigenvalue weighted by Crippen LogP contribution is -2.37. The van der Waals surface area contributed by atoms with Crippen molar-refractivity contribution in [3.63, 3.8) is 0 Å². The molecule has 0 aliphatic rings. The molecule has 16 heavy (non-hydrogen) atoms. The number of hydrogen-bond donors (Lipinski definition) is 2. The van der Waals surface area contributed by atoms with E-state index in [-0.39, 0.29) is 24.4 Å². The van der Waals surface area contributed by atoms with Crippen LogP contribution in [0.4, 0.5) is 0 Å². The minimum Gasteiger partial charge on any atom is -0.348 e. The molecule has 90 valence electrons. The van der Waals surface area contributed by atoms with Crippen LogP contribution in [0.25, 0.3) is 0 Å². The predicted molar refractivity (Wildman–Crippen MR) is 77.4 cm³/mol. The highest BCUT2D eigenvalue weighted by Gasteiger charge is 2.12. The van der Waals surface area contributed by atoms with Crippen molar-refractivity contribution in [1.29, 1.82) is 0 Å². The molecule has 3 nitrogen and oxygen atoms in total. The summed E-state index contributed by atoms with van der Waals surface area (Å²) in [5, 5.41) is 3.22. The summed E-state index contributed by atoms with van der Waals surface area (Å²) < 4.78 is 1.00. The Bertz CT molecular complexity index is 374. The second-order valence-corrected chi connectivity index (χ2v) is 4.89. The van der Waals surface area contributed by atoms with Crippen LogP contribution in [0.1, 0.15) is 17.3 Å². The van der Waals surface area contributed by atoms with Crippen molar-refractivity contribution < 1.29 is 4.79 Å². The molecule has 1 rings (SSSR count). The Morgan fingerprint density at radius 1 is 1.62 bits per heavy atom. The summed E-state index contributed by atoms with van der Waals surface area (Å²) in [5.74, 6) is -0.186. The monoisotopic (exact) mass is 374 g/mol. The number of benzene rings is 1. The van der Waals surface area contributed by atoms with E-state index in [1.165, 1.54) is 0 Å². The third kappa shape index (κ3) is 4.45. The van der Waals surface area contributed by atoms with E-state index >= 15 is 0 Å². The summed E-state index contributed by atoms with van der Waals surface area (Å²) >= 11 is 8.10. The van der Waals surface area contributed by atoms with Gasteiger partial charge in [-0.15, -0.1) is 12.4 Å². The van der Waals surface area contributed by atoms with Crippen LogP contribution in [0.15, 0.2) is 18.2 Å². The van der Waals surface area contributed by atoms with E-state index < -0.39 is 0 Å². The van der Waals surface area contributed by atoms with E-state index in [4.69, 9.17) is 17.3 Å². The highest BCUT2D eigenvalue weighted by molar-refractivity contribution is 14.1. The zero-order valence-corrected chi connectivity index (χ0v) is 12.4. The molecule has 0 radical (unpaired) electrons. The fourth-order valence-electron chi connectivity index (χ4n) is 1.03. The Morgan fingerprint density at radius 2 is 2.25 bits per heavy atom. The van der Waals surface area contributed by atoms with Crippen LogP contribution in [0.3, 0.4) is 0 Å². The van der Waals surface area contributed by atoms with E-state index in [1.54, 1.807) is 12.1 Å². The quantitative estimate of drug-likeness (QED) is 0.798. The molecule has 0 aromatic heterocycles. The summed E-state index contributed by atoms with van der Waals surface area (Å²) in [4.78, 5) is 11.7. The van der Waals surface area contributed by atoms with Crippen molar-refractivity contribution >= 4 is 52.5 Å². The summed E-state index contributed by atoms with van der Waals surface area (Å²) in [6.07, 6.45) is 0. The first kappa shape index (κ1) is 16.0. The number of nitrogens with one attached hydrogen (secondary N) is 1. The summed E-state index contributed by atoms with van der Waals surface area (Å²) in [7, 11) is 0. The normalized spacial score (nSPS) is 11.5. The maximum absolute atomic E-state index is 11.7. The summed E-state index contributed by atoms with van der Waals surface area (Å²) in [5.41, 5.74) is 5.90. The summed E-state index contributed by atoms with van der Waals surface area (Å²) in [6, 6.07) is 5.26. The average molecular weight is 375 g/mol. The van der Waals surface area contributed by atoms with E-state index in [2.05, 4.69) is 27.9 Å². The molecule has 3 N–H and O–H groups in total. The number of amides is 1. The molecule has 0 fully saturated rings. The minimum absolute atomic E-state index is 0. The van der Waals surface area contributed by atoms with Gasteiger partial charge in [-0.1, -0.05) is 11.6 Å². The third-order valence-corrected chi connectivity index (χ3v) is 2.89. The van der Waals surface area contributed by atoms with Gasteiger partial charge in [0.15, 0.2) is 0 Å². The van der Waals surface area contributed by atoms with Gasteiger partial charge in [0.05, 0.1) is 10.6 Å². The molecule has 0 aliphatic carbocycles. The van der Waals surface area contributed by atoms with Crippen LogP contribution in [0, 0.1) is 3.57 Å². The molecule has 1 amide bonds. The molecule has 0 saturated carbocycles. The van der Waals surface area contributed by atoms with Crippen molar-refractivity contribution in [3.8, 4) is 0 Å². The van der Waals surface area contributed by atoms with Crippen LogP contribution < -0.4 is 11.1 Å². The van der Waals surface area contributed by atoms with Gasteiger partial charge in [0, 0.05) is 16.2 Å². The number of carbonyl (C=O) groups excluding carboxylic acids is 1. The van der Waals surface area contributed by atoms with Gasteiger partial charge in [0.2, 0.25) is 0 Å². The standard InChI is InChI=1S/C10H12ClIN2O.ClH/c1-6(5-13)14-10(15)8-3-2-7(12)4-9(8)11;/h2-4,6H,5,13H2,1H3,(H,14,15);1H/t6-;/m0./s1. The number of carbonyl (C=O) groups is 1. The van der Waals surface area contributed by atoms with Crippen molar-refractivity contribution in [1.82, 2.24) is 5.32 Å². The number of hydrogen-bond acceptors (Lipinski definition) is 2. The molecule has 0 bridgehead atoms. The molecule has 1 aromatic carbocycles. The topological polar surface area (TPSA) is 55.1 Å². The van der Waals surface area contributed by atoms with Crippen molar-refractivity contribution in [3.05, 3.63) is 32.4 Å². The third-order valence-electron chi connectivity index (χ3n) is 1.91. The van der Waals surface area contributed by atoms with Crippen molar-refractivity contribution in [2.24, 2.45) is 5.73 Å². The molecular formula is C10H13Cl2IN2O. The van der Waals surface area contributed by atoms with E-state index in [1.807, 2.05) is 13.0 Å². The zero-order valence-electron chi connectivity index (χ0n) is 8.67. The van der Waals surface area contributed by atoms with Gasteiger partial charge in [0.1, 0.15) is 0 Å². The van der Waals surface area contributed by atoms with Crippen LogP contribution >= 0.6 is 46.6 Å². The Hall–Kier alpha value is -0.0400. The molecule has 0 spiro atoms. The maximum Gasteiger partial charge on any atom is 0.253 e. The zero-order chi connectivity index (χ0) is 11.4. The molecule has 1 atom stereocenters. The lowest BCUT2D eigenvalue weighted by molar-refractivity contribution is 0.0941. The Labute approximate surface area is 120 Å². The smallest absolute Gasteiger partial charge is 0.253 e. The number of halogens is 3. The van der Waals surface area contributed by atoms with Gasteiger partial charge in [-0.3, -0.25) is 4.79 Å². The molecule has 0 aliphatic heterocycles. The number of rotatable bonds is 3. The Kier molecular flexibility index (Phi) is 7.30. The summed E-state index contributed by atoms with van der Waals surface area (Å²) in [6.45, 7) is 2.26. The molecule has 0 heterocycles. The van der Waals surface area contributed by atoms with Crippen LogP contribution in [0.2, 0.25) is 5.02 Å². The first-order valence-corrected chi connectivity index (χ1v) is 5.96.